The van der Waals surface area contributed by atoms with Crippen molar-refractivity contribution in [3.63, 3.8) is 0 Å². The normalized spacial score (nSPS) is 36.2. The molecule has 0 radical (unpaired) electrons. The molecule has 0 N–H and O–H groups in total. The summed E-state index contributed by atoms with van der Waals surface area (Å²) < 4.78 is 4.54. The number of cyclic esters (lactones) is 2. The molecule has 1 aliphatic carbocycles. The lowest BCUT2D eigenvalue weighted by atomic mass is 9.76. The molecule has 1 saturated heterocycles. The maximum Gasteiger partial charge on any atom is 0.326 e. The molecule has 0 aromatic carbocycles. The van der Waals surface area contributed by atoms with Crippen molar-refractivity contribution >= 4 is 23.5 Å². The van der Waals surface area contributed by atoms with Gasteiger partial charge in [0.2, 0.25) is 0 Å². The molecule has 2 aliphatic rings. The van der Waals surface area contributed by atoms with Crippen LogP contribution in [0.5, 0.6) is 0 Å². The Balaban J connectivity index is 2.49. The molecule has 3 nitrogen and oxygen atoms in total. The highest BCUT2D eigenvalue weighted by atomic mass is 35.5. The van der Waals surface area contributed by atoms with Gasteiger partial charge in [-0.05, 0) is 0 Å². The number of ether oxygens (including phenoxy) is 1. The number of carbonyl (C=O) groups excluding carboxylic acids is 2. The van der Waals surface area contributed by atoms with Gasteiger partial charge in [-0.25, -0.2) is 0 Å². The number of rotatable bonds is 1. The molecule has 0 aromatic heterocycles. The largest absolute Gasteiger partial charge is 0.392 e. The standard InChI is InChI=1S/C9H7ClO3/c10-5-9-4-2-1-3-6(9)7(11)13-8(9)12/h1-4,6H,5H2/t6-,9+/m1/s1. The number of esters is 2. The zero-order chi connectivity index (χ0) is 9.47. The predicted molar refractivity (Wildman–Crippen MR) is 46.0 cm³/mol. The lowest BCUT2D eigenvalue weighted by Crippen LogP contribution is -2.34. The minimum Gasteiger partial charge on any atom is -0.392 e. The third-order valence-electron chi connectivity index (χ3n) is 2.41. The number of hydrogen-bond donors (Lipinski definition) is 0. The fraction of sp³-hybridized carbons (Fsp3) is 0.333. The summed E-state index contributed by atoms with van der Waals surface area (Å²) in [7, 11) is 0. The highest BCUT2D eigenvalue weighted by molar-refractivity contribution is 6.21. The van der Waals surface area contributed by atoms with Crippen molar-refractivity contribution in [2.24, 2.45) is 11.3 Å². The fourth-order valence-electron chi connectivity index (χ4n) is 1.59. The highest BCUT2D eigenvalue weighted by Gasteiger charge is 2.55. The Bertz CT molecular complexity index is 332. The van der Waals surface area contributed by atoms with Crippen molar-refractivity contribution in [1.29, 1.82) is 0 Å². The number of allylic oxidation sites excluding steroid dienone is 2. The Morgan fingerprint density at radius 3 is 2.85 bits per heavy atom. The minimum absolute atomic E-state index is 0.0725. The van der Waals surface area contributed by atoms with Crippen LogP contribution in [0.4, 0.5) is 0 Å². The average Bonchev–Trinajstić information content (AvgIpc) is 2.41. The van der Waals surface area contributed by atoms with Gasteiger partial charge < -0.3 is 4.74 Å². The molecule has 68 valence electrons. The summed E-state index contributed by atoms with van der Waals surface area (Å²) >= 11 is 5.69. The zero-order valence-corrected chi connectivity index (χ0v) is 7.45. The zero-order valence-electron chi connectivity index (χ0n) is 6.70. The van der Waals surface area contributed by atoms with Crippen LogP contribution in [0.2, 0.25) is 0 Å². The van der Waals surface area contributed by atoms with Crippen LogP contribution in [-0.2, 0) is 14.3 Å². The van der Waals surface area contributed by atoms with Crippen molar-refractivity contribution in [3.05, 3.63) is 24.3 Å². The fourth-order valence-corrected chi connectivity index (χ4v) is 1.96. The average molecular weight is 199 g/mol. The molecular weight excluding hydrogens is 192 g/mol. The molecule has 2 rings (SSSR count). The van der Waals surface area contributed by atoms with E-state index < -0.39 is 23.3 Å². The van der Waals surface area contributed by atoms with Gasteiger partial charge in [0.1, 0.15) is 5.41 Å². The van der Waals surface area contributed by atoms with Gasteiger partial charge in [0.05, 0.1) is 5.92 Å². The van der Waals surface area contributed by atoms with Crippen LogP contribution in [0.1, 0.15) is 0 Å². The third-order valence-corrected chi connectivity index (χ3v) is 2.85. The molecule has 1 heterocycles. The smallest absolute Gasteiger partial charge is 0.326 e. The lowest BCUT2D eigenvalue weighted by Gasteiger charge is -2.23. The van der Waals surface area contributed by atoms with Crippen LogP contribution >= 0.6 is 11.6 Å². The number of halogens is 1. The first-order valence-corrected chi connectivity index (χ1v) is 4.42. The number of carbonyl (C=O) groups is 2. The van der Waals surface area contributed by atoms with Crippen LogP contribution in [0.15, 0.2) is 24.3 Å². The summed E-state index contributed by atoms with van der Waals surface area (Å²) in [5.74, 6) is -1.52. The van der Waals surface area contributed by atoms with Gasteiger partial charge in [0.15, 0.2) is 0 Å². The Kier molecular flexibility index (Phi) is 1.77. The van der Waals surface area contributed by atoms with Crippen LogP contribution in [0, 0.1) is 11.3 Å². The first-order chi connectivity index (χ1) is 6.20. The maximum atomic E-state index is 11.4. The molecule has 1 aliphatic heterocycles. The van der Waals surface area contributed by atoms with E-state index >= 15 is 0 Å². The summed E-state index contributed by atoms with van der Waals surface area (Å²) in [4.78, 5) is 22.6. The molecule has 13 heavy (non-hydrogen) atoms. The maximum absolute atomic E-state index is 11.4. The van der Waals surface area contributed by atoms with E-state index in [0.717, 1.165) is 0 Å². The van der Waals surface area contributed by atoms with E-state index in [1.54, 1.807) is 24.3 Å². The second-order valence-electron chi connectivity index (χ2n) is 3.10. The molecule has 1 fully saturated rings. The minimum atomic E-state index is -0.951. The van der Waals surface area contributed by atoms with Gasteiger partial charge in [-0.3, -0.25) is 9.59 Å². The Morgan fingerprint density at radius 2 is 2.23 bits per heavy atom. The van der Waals surface area contributed by atoms with Crippen LogP contribution in [0.25, 0.3) is 0 Å². The second kappa shape index (κ2) is 2.70. The molecule has 0 bridgehead atoms. The van der Waals surface area contributed by atoms with E-state index in [2.05, 4.69) is 4.74 Å². The molecule has 0 saturated carbocycles. The molecule has 2 atom stereocenters. The van der Waals surface area contributed by atoms with Gasteiger partial charge in [-0.15, -0.1) is 11.6 Å². The van der Waals surface area contributed by atoms with Gasteiger partial charge in [0, 0.05) is 5.88 Å². The second-order valence-corrected chi connectivity index (χ2v) is 3.37. The number of hydrogen-bond acceptors (Lipinski definition) is 3. The summed E-state index contributed by atoms with van der Waals surface area (Å²) in [6.07, 6.45) is 6.71. The Labute approximate surface area is 80.0 Å². The SMILES string of the molecule is O=C1OC(=O)[C@]2(CCl)C=CC=C[C@H]12. The third kappa shape index (κ3) is 0.968. The first kappa shape index (κ1) is 8.51. The first-order valence-electron chi connectivity index (χ1n) is 3.89. The predicted octanol–water partition coefficient (Wildman–Crippen LogP) is 1.04. The number of alkyl halides is 1. The molecular formula is C9H7ClO3. The monoisotopic (exact) mass is 198 g/mol. The summed E-state index contributed by atoms with van der Waals surface area (Å²) in [5, 5.41) is 0. The van der Waals surface area contributed by atoms with Crippen molar-refractivity contribution in [2.45, 2.75) is 0 Å². The Hall–Kier alpha value is -1.09. The molecule has 0 spiro atoms. The van der Waals surface area contributed by atoms with Crippen molar-refractivity contribution in [3.8, 4) is 0 Å². The molecule has 4 heteroatoms. The lowest BCUT2D eigenvalue weighted by molar-refractivity contribution is -0.154. The number of fused-ring (bicyclic) bond motifs is 1. The summed E-state index contributed by atoms with van der Waals surface area (Å²) in [6.45, 7) is 0. The van der Waals surface area contributed by atoms with E-state index in [0.29, 0.717) is 0 Å². The summed E-state index contributed by atoms with van der Waals surface area (Å²) in [6, 6.07) is 0. The topological polar surface area (TPSA) is 43.4 Å². The molecule has 0 amide bonds. The van der Waals surface area contributed by atoms with Gasteiger partial charge in [-0.1, -0.05) is 24.3 Å². The van der Waals surface area contributed by atoms with E-state index in [4.69, 9.17) is 11.6 Å². The van der Waals surface area contributed by atoms with Crippen molar-refractivity contribution in [1.82, 2.24) is 0 Å². The molecule has 0 unspecified atom stereocenters. The van der Waals surface area contributed by atoms with E-state index in [9.17, 15) is 9.59 Å². The van der Waals surface area contributed by atoms with E-state index in [1.807, 2.05) is 0 Å². The van der Waals surface area contributed by atoms with Gasteiger partial charge in [-0.2, -0.15) is 0 Å². The van der Waals surface area contributed by atoms with Gasteiger partial charge in [0.25, 0.3) is 0 Å². The van der Waals surface area contributed by atoms with Gasteiger partial charge >= 0.3 is 11.9 Å². The van der Waals surface area contributed by atoms with Crippen molar-refractivity contribution in [2.75, 3.05) is 5.88 Å². The van der Waals surface area contributed by atoms with E-state index in [-0.39, 0.29) is 5.88 Å². The van der Waals surface area contributed by atoms with Crippen molar-refractivity contribution < 1.29 is 14.3 Å². The van der Waals surface area contributed by atoms with Crippen LogP contribution in [-0.4, -0.2) is 17.8 Å². The van der Waals surface area contributed by atoms with Crippen LogP contribution in [0.3, 0.4) is 0 Å². The van der Waals surface area contributed by atoms with E-state index in [1.165, 1.54) is 0 Å². The molecule has 0 aromatic rings. The highest BCUT2D eigenvalue weighted by Crippen LogP contribution is 2.41. The summed E-state index contributed by atoms with van der Waals surface area (Å²) in [5.41, 5.74) is -0.951. The Morgan fingerprint density at radius 1 is 1.46 bits per heavy atom. The quantitative estimate of drug-likeness (QED) is 0.359. The van der Waals surface area contributed by atoms with Crippen LogP contribution < -0.4 is 0 Å².